The van der Waals surface area contributed by atoms with Crippen molar-refractivity contribution in [3.05, 3.63) is 29.8 Å². The molecule has 14 heavy (non-hydrogen) atoms. The highest BCUT2D eigenvalue weighted by molar-refractivity contribution is 5.27. The summed E-state index contributed by atoms with van der Waals surface area (Å²) in [6, 6.07) is 7.11. The monoisotopic (exact) mass is 193 g/mol. The van der Waals surface area contributed by atoms with E-state index in [2.05, 4.69) is 12.2 Å². The van der Waals surface area contributed by atoms with Gasteiger partial charge in [0.25, 0.3) is 0 Å². The van der Waals surface area contributed by atoms with Crippen molar-refractivity contribution in [2.45, 2.75) is 13.2 Å². The van der Waals surface area contributed by atoms with Gasteiger partial charge in [-0.2, -0.15) is 0 Å². The lowest BCUT2D eigenvalue weighted by atomic mass is 10.1. The predicted octanol–water partition coefficient (Wildman–Crippen LogP) is 1.65. The number of hydrogen-bond acceptors (Lipinski definition) is 3. The maximum Gasteiger partial charge on any atom is 0.134 e. The fourth-order valence-electron chi connectivity index (χ4n) is 1.55. The first-order valence-electron chi connectivity index (χ1n) is 4.89. The van der Waals surface area contributed by atoms with E-state index in [0.29, 0.717) is 5.92 Å². The van der Waals surface area contributed by atoms with Crippen molar-refractivity contribution in [1.82, 2.24) is 5.32 Å². The highest BCUT2D eigenvalue weighted by atomic mass is 16.5. The molecule has 1 aliphatic rings. The van der Waals surface area contributed by atoms with E-state index in [-0.39, 0.29) is 12.0 Å². The zero-order valence-corrected chi connectivity index (χ0v) is 8.23. The van der Waals surface area contributed by atoms with E-state index < -0.39 is 0 Å². The zero-order chi connectivity index (χ0) is 9.97. The van der Waals surface area contributed by atoms with Gasteiger partial charge in [0.15, 0.2) is 0 Å². The summed E-state index contributed by atoms with van der Waals surface area (Å²) in [4.78, 5) is 0. The van der Waals surface area contributed by atoms with Crippen LogP contribution in [-0.2, 0) is 4.74 Å². The fourth-order valence-corrected chi connectivity index (χ4v) is 1.55. The first kappa shape index (κ1) is 9.49. The maximum absolute atomic E-state index is 9.14. The molecule has 1 saturated heterocycles. The van der Waals surface area contributed by atoms with Crippen LogP contribution in [0.15, 0.2) is 24.3 Å². The number of phenols is 1. The van der Waals surface area contributed by atoms with Gasteiger partial charge in [-0.1, -0.05) is 19.1 Å². The second-order valence-electron chi connectivity index (χ2n) is 3.82. The van der Waals surface area contributed by atoms with Crippen molar-refractivity contribution in [3.8, 4) is 5.75 Å². The molecule has 0 spiro atoms. The molecular formula is C11H15NO2. The summed E-state index contributed by atoms with van der Waals surface area (Å²) in [5.41, 5.74) is 1.06. The topological polar surface area (TPSA) is 41.5 Å². The Bertz CT molecular complexity index is 289. The molecule has 0 amide bonds. The Kier molecular flexibility index (Phi) is 2.70. The first-order valence-corrected chi connectivity index (χ1v) is 4.89. The molecule has 76 valence electrons. The van der Waals surface area contributed by atoms with E-state index in [0.717, 1.165) is 18.7 Å². The van der Waals surface area contributed by atoms with E-state index in [1.165, 1.54) is 0 Å². The van der Waals surface area contributed by atoms with E-state index in [1.54, 1.807) is 12.1 Å². The Balaban J connectivity index is 2.05. The Morgan fingerprint density at radius 1 is 1.36 bits per heavy atom. The average Bonchev–Trinajstić information content (AvgIpc) is 2.21. The largest absolute Gasteiger partial charge is 0.508 e. The molecule has 0 bridgehead atoms. The van der Waals surface area contributed by atoms with Gasteiger partial charge in [0.2, 0.25) is 0 Å². The third kappa shape index (κ3) is 2.05. The van der Waals surface area contributed by atoms with E-state index in [4.69, 9.17) is 9.84 Å². The maximum atomic E-state index is 9.14. The molecule has 1 aromatic rings. The number of hydrogen-bond donors (Lipinski definition) is 2. The van der Waals surface area contributed by atoms with Gasteiger partial charge in [0.05, 0.1) is 6.61 Å². The molecule has 2 rings (SSSR count). The minimum Gasteiger partial charge on any atom is -0.508 e. The third-order valence-electron chi connectivity index (χ3n) is 2.39. The van der Waals surface area contributed by atoms with Gasteiger partial charge in [0, 0.05) is 6.54 Å². The third-order valence-corrected chi connectivity index (χ3v) is 2.39. The minimum absolute atomic E-state index is 0.0215. The minimum atomic E-state index is -0.0215. The molecule has 2 unspecified atom stereocenters. The summed E-state index contributed by atoms with van der Waals surface area (Å²) in [7, 11) is 0. The summed E-state index contributed by atoms with van der Waals surface area (Å²) < 4.78 is 5.62. The van der Waals surface area contributed by atoms with Crippen LogP contribution in [0.1, 0.15) is 18.7 Å². The van der Waals surface area contributed by atoms with Gasteiger partial charge in [0.1, 0.15) is 12.0 Å². The zero-order valence-electron chi connectivity index (χ0n) is 8.23. The Morgan fingerprint density at radius 3 is 2.64 bits per heavy atom. The van der Waals surface area contributed by atoms with Crippen LogP contribution in [0.25, 0.3) is 0 Å². The van der Waals surface area contributed by atoms with Crippen LogP contribution >= 0.6 is 0 Å². The van der Waals surface area contributed by atoms with Gasteiger partial charge < -0.3 is 9.84 Å². The fraction of sp³-hybridized carbons (Fsp3) is 0.455. The smallest absolute Gasteiger partial charge is 0.134 e. The van der Waals surface area contributed by atoms with Crippen LogP contribution in [0.5, 0.6) is 5.75 Å². The molecule has 0 radical (unpaired) electrons. The lowest BCUT2D eigenvalue weighted by molar-refractivity contribution is -0.0254. The van der Waals surface area contributed by atoms with Crippen molar-refractivity contribution in [3.63, 3.8) is 0 Å². The van der Waals surface area contributed by atoms with Crippen molar-refractivity contribution < 1.29 is 9.84 Å². The van der Waals surface area contributed by atoms with Gasteiger partial charge >= 0.3 is 0 Å². The van der Waals surface area contributed by atoms with Crippen molar-refractivity contribution in [2.75, 3.05) is 13.2 Å². The standard InChI is InChI=1S/C11H15NO2/c1-8-6-12-11(14-7-8)9-2-4-10(13)5-3-9/h2-5,8,11-13H,6-7H2,1H3. The molecule has 0 aromatic heterocycles. The molecule has 1 aliphatic heterocycles. The lowest BCUT2D eigenvalue weighted by Gasteiger charge is -2.28. The number of benzene rings is 1. The number of nitrogens with one attached hydrogen (secondary N) is 1. The SMILES string of the molecule is CC1CNC(c2ccc(O)cc2)OC1. The number of rotatable bonds is 1. The summed E-state index contributed by atoms with van der Waals surface area (Å²) >= 11 is 0. The molecule has 1 heterocycles. The van der Waals surface area contributed by atoms with Crippen LogP contribution in [0.4, 0.5) is 0 Å². The lowest BCUT2D eigenvalue weighted by Crippen LogP contribution is -2.36. The molecule has 3 heteroatoms. The van der Waals surface area contributed by atoms with Crippen LogP contribution in [-0.4, -0.2) is 18.3 Å². The molecule has 3 nitrogen and oxygen atoms in total. The highest BCUT2D eigenvalue weighted by Gasteiger charge is 2.18. The van der Waals surface area contributed by atoms with Crippen molar-refractivity contribution >= 4 is 0 Å². The van der Waals surface area contributed by atoms with E-state index in [1.807, 2.05) is 12.1 Å². The molecule has 0 saturated carbocycles. The van der Waals surface area contributed by atoms with Gasteiger partial charge in [-0.3, -0.25) is 5.32 Å². The van der Waals surface area contributed by atoms with Crippen molar-refractivity contribution in [2.24, 2.45) is 5.92 Å². The van der Waals surface area contributed by atoms with Crippen LogP contribution < -0.4 is 5.32 Å². The van der Waals surface area contributed by atoms with Gasteiger partial charge in [-0.25, -0.2) is 0 Å². The molecule has 2 atom stereocenters. The normalized spacial score (nSPS) is 27.5. The van der Waals surface area contributed by atoms with Crippen LogP contribution in [0.2, 0.25) is 0 Å². The van der Waals surface area contributed by atoms with Gasteiger partial charge in [-0.05, 0) is 23.6 Å². The average molecular weight is 193 g/mol. The number of ether oxygens (including phenoxy) is 1. The van der Waals surface area contributed by atoms with Gasteiger partial charge in [-0.15, -0.1) is 0 Å². The second kappa shape index (κ2) is 3.98. The number of phenolic OH excluding ortho intramolecular Hbond substituents is 1. The molecular weight excluding hydrogens is 178 g/mol. The Morgan fingerprint density at radius 2 is 2.07 bits per heavy atom. The second-order valence-corrected chi connectivity index (χ2v) is 3.82. The first-order chi connectivity index (χ1) is 6.75. The Hall–Kier alpha value is -1.06. The molecule has 1 fully saturated rings. The Labute approximate surface area is 83.7 Å². The van der Waals surface area contributed by atoms with Crippen LogP contribution in [0, 0.1) is 5.92 Å². The van der Waals surface area contributed by atoms with Crippen LogP contribution in [0.3, 0.4) is 0 Å². The van der Waals surface area contributed by atoms with E-state index >= 15 is 0 Å². The number of aromatic hydroxyl groups is 1. The molecule has 1 aromatic carbocycles. The summed E-state index contributed by atoms with van der Waals surface area (Å²) in [6.45, 7) is 3.92. The highest BCUT2D eigenvalue weighted by Crippen LogP contribution is 2.21. The van der Waals surface area contributed by atoms with E-state index in [9.17, 15) is 0 Å². The summed E-state index contributed by atoms with van der Waals surface area (Å²) in [5, 5.41) is 12.4. The molecule has 2 N–H and O–H groups in total. The predicted molar refractivity (Wildman–Crippen MR) is 54.0 cm³/mol. The summed E-state index contributed by atoms with van der Waals surface area (Å²) in [6.07, 6.45) is -0.0215. The van der Waals surface area contributed by atoms with Crippen molar-refractivity contribution in [1.29, 1.82) is 0 Å². The quantitative estimate of drug-likeness (QED) is 0.712. The molecule has 0 aliphatic carbocycles. The summed E-state index contributed by atoms with van der Waals surface area (Å²) in [5.74, 6) is 0.862.